The van der Waals surface area contributed by atoms with Crippen LogP contribution in [0.5, 0.6) is 0 Å². The molecule has 0 aromatic heterocycles. The largest absolute Gasteiger partial charge is 0.357 e. The SMILES string of the molecule is CCCS(=O)(=O)N1CCC(NC(=NCCc2cc(F)ccc2F)NCC)CC1. The molecule has 1 saturated heterocycles. The number of sulfonamides is 1. The first-order valence-corrected chi connectivity index (χ1v) is 11.4. The van der Waals surface area contributed by atoms with Crippen LogP contribution in [0, 0.1) is 11.6 Å². The fourth-order valence-corrected chi connectivity index (χ4v) is 4.74. The van der Waals surface area contributed by atoms with E-state index in [0.717, 1.165) is 12.1 Å². The lowest BCUT2D eigenvalue weighted by atomic mass is 10.1. The lowest BCUT2D eigenvalue weighted by Crippen LogP contribution is -2.50. The van der Waals surface area contributed by atoms with Crippen LogP contribution >= 0.6 is 0 Å². The van der Waals surface area contributed by atoms with Gasteiger partial charge in [-0.3, -0.25) is 4.99 Å². The number of aliphatic imine (C=N–C) groups is 1. The Morgan fingerprint density at radius 1 is 1.25 bits per heavy atom. The van der Waals surface area contributed by atoms with E-state index in [4.69, 9.17) is 0 Å². The molecule has 0 bridgehead atoms. The van der Waals surface area contributed by atoms with Crippen LogP contribution in [-0.4, -0.2) is 56.7 Å². The summed E-state index contributed by atoms with van der Waals surface area (Å²) in [4.78, 5) is 4.44. The lowest BCUT2D eigenvalue weighted by molar-refractivity contribution is 0.306. The minimum Gasteiger partial charge on any atom is -0.357 e. The maximum atomic E-state index is 13.7. The van der Waals surface area contributed by atoms with Gasteiger partial charge in [0.15, 0.2) is 5.96 Å². The van der Waals surface area contributed by atoms with Gasteiger partial charge in [-0.2, -0.15) is 0 Å². The first kappa shape index (κ1) is 22.5. The Balaban J connectivity index is 1.89. The van der Waals surface area contributed by atoms with Crippen molar-refractivity contribution in [2.75, 3.05) is 31.9 Å². The average Bonchev–Trinajstić information content (AvgIpc) is 2.65. The number of hydrogen-bond acceptors (Lipinski definition) is 3. The molecule has 1 aromatic rings. The molecule has 6 nitrogen and oxygen atoms in total. The predicted octanol–water partition coefficient (Wildman–Crippen LogP) is 2.27. The Bertz CT molecular complexity index is 763. The monoisotopic (exact) mass is 416 g/mol. The van der Waals surface area contributed by atoms with Crippen LogP contribution < -0.4 is 10.6 Å². The zero-order valence-electron chi connectivity index (χ0n) is 16.5. The third kappa shape index (κ3) is 6.70. The van der Waals surface area contributed by atoms with E-state index in [1.54, 1.807) is 4.31 Å². The Labute approximate surface area is 166 Å². The van der Waals surface area contributed by atoms with Gasteiger partial charge in [0.2, 0.25) is 10.0 Å². The Kier molecular flexibility index (Phi) is 8.62. The van der Waals surface area contributed by atoms with E-state index in [0.29, 0.717) is 63.4 Å². The summed E-state index contributed by atoms with van der Waals surface area (Å²) >= 11 is 0. The standard InChI is InChI=1S/C19H30F2N4O2S/c1-3-13-28(26,27)25-11-8-17(9-12-25)24-19(22-4-2)23-10-7-15-14-16(20)5-6-18(15)21/h5-6,14,17H,3-4,7-13H2,1-2H3,(H2,22,23,24). The van der Waals surface area contributed by atoms with Crippen molar-refractivity contribution < 1.29 is 17.2 Å². The van der Waals surface area contributed by atoms with Crippen LogP contribution in [-0.2, 0) is 16.4 Å². The summed E-state index contributed by atoms with van der Waals surface area (Å²) in [5, 5.41) is 6.47. The molecule has 2 N–H and O–H groups in total. The average molecular weight is 417 g/mol. The molecule has 0 amide bonds. The number of rotatable bonds is 8. The van der Waals surface area contributed by atoms with Gasteiger partial charge in [-0.15, -0.1) is 0 Å². The Hall–Kier alpha value is -1.74. The van der Waals surface area contributed by atoms with Crippen LogP contribution in [0.1, 0.15) is 38.7 Å². The molecule has 0 unspecified atom stereocenters. The molecule has 2 rings (SSSR count). The molecule has 1 aliphatic rings. The van der Waals surface area contributed by atoms with Crippen molar-refractivity contribution >= 4 is 16.0 Å². The fourth-order valence-electron chi connectivity index (χ4n) is 3.20. The lowest BCUT2D eigenvalue weighted by Gasteiger charge is -2.32. The third-order valence-corrected chi connectivity index (χ3v) is 6.73. The van der Waals surface area contributed by atoms with Crippen LogP contribution in [0.4, 0.5) is 8.78 Å². The number of guanidine groups is 1. The van der Waals surface area contributed by atoms with Gasteiger partial charge < -0.3 is 10.6 Å². The van der Waals surface area contributed by atoms with Crippen molar-refractivity contribution in [3.05, 3.63) is 35.4 Å². The molecule has 1 aliphatic heterocycles. The number of piperidine rings is 1. The fraction of sp³-hybridized carbons (Fsp3) is 0.632. The van der Waals surface area contributed by atoms with Gasteiger partial charge in [0, 0.05) is 32.2 Å². The van der Waals surface area contributed by atoms with E-state index in [9.17, 15) is 17.2 Å². The van der Waals surface area contributed by atoms with Crippen molar-refractivity contribution in [3.8, 4) is 0 Å². The number of halogens is 2. The highest BCUT2D eigenvalue weighted by Crippen LogP contribution is 2.15. The quantitative estimate of drug-likeness (QED) is 0.504. The van der Waals surface area contributed by atoms with Gasteiger partial charge in [-0.25, -0.2) is 21.5 Å². The molecule has 9 heteroatoms. The molecule has 158 valence electrons. The van der Waals surface area contributed by atoms with E-state index >= 15 is 0 Å². The molecule has 0 aliphatic carbocycles. The Morgan fingerprint density at radius 3 is 2.61 bits per heavy atom. The second-order valence-electron chi connectivity index (χ2n) is 6.88. The molecular weight excluding hydrogens is 386 g/mol. The van der Waals surface area contributed by atoms with E-state index < -0.39 is 21.7 Å². The topological polar surface area (TPSA) is 73.8 Å². The zero-order chi connectivity index (χ0) is 20.6. The maximum absolute atomic E-state index is 13.7. The molecule has 28 heavy (non-hydrogen) atoms. The van der Waals surface area contributed by atoms with Gasteiger partial charge >= 0.3 is 0 Å². The number of nitrogens with one attached hydrogen (secondary N) is 2. The van der Waals surface area contributed by atoms with Crippen molar-refractivity contribution in [2.24, 2.45) is 4.99 Å². The smallest absolute Gasteiger partial charge is 0.214 e. The van der Waals surface area contributed by atoms with Crippen molar-refractivity contribution in [1.82, 2.24) is 14.9 Å². The van der Waals surface area contributed by atoms with Gasteiger partial charge in [-0.1, -0.05) is 6.92 Å². The second-order valence-corrected chi connectivity index (χ2v) is 8.97. The minimum absolute atomic E-state index is 0.122. The molecule has 0 saturated carbocycles. The molecule has 0 radical (unpaired) electrons. The van der Waals surface area contributed by atoms with Crippen LogP contribution in [0.15, 0.2) is 23.2 Å². The number of hydrogen-bond donors (Lipinski definition) is 2. The van der Waals surface area contributed by atoms with E-state index in [-0.39, 0.29) is 11.8 Å². The maximum Gasteiger partial charge on any atom is 0.214 e. The van der Waals surface area contributed by atoms with Crippen molar-refractivity contribution in [2.45, 2.75) is 45.6 Å². The van der Waals surface area contributed by atoms with Gasteiger partial charge in [0.1, 0.15) is 11.6 Å². The molecule has 1 aromatic carbocycles. The van der Waals surface area contributed by atoms with Crippen LogP contribution in [0.3, 0.4) is 0 Å². The Morgan fingerprint density at radius 2 is 1.96 bits per heavy atom. The summed E-state index contributed by atoms with van der Waals surface area (Å²) in [6.45, 7) is 5.79. The van der Waals surface area contributed by atoms with Gasteiger partial charge in [0.25, 0.3) is 0 Å². The summed E-state index contributed by atoms with van der Waals surface area (Å²) in [5.41, 5.74) is 0.300. The number of benzene rings is 1. The van der Waals surface area contributed by atoms with Crippen LogP contribution in [0.25, 0.3) is 0 Å². The summed E-state index contributed by atoms with van der Waals surface area (Å²) in [7, 11) is -3.15. The number of nitrogens with zero attached hydrogens (tertiary/aromatic N) is 2. The summed E-state index contributed by atoms with van der Waals surface area (Å²) in [6.07, 6.45) is 2.31. The van der Waals surface area contributed by atoms with Crippen molar-refractivity contribution in [3.63, 3.8) is 0 Å². The highest BCUT2D eigenvalue weighted by Gasteiger charge is 2.27. The van der Waals surface area contributed by atoms with E-state index in [1.807, 2.05) is 13.8 Å². The summed E-state index contributed by atoms with van der Waals surface area (Å²) in [6, 6.07) is 3.54. The van der Waals surface area contributed by atoms with E-state index in [2.05, 4.69) is 15.6 Å². The second kappa shape index (κ2) is 10.7. The third-order valence-electron chi connectivity index (χ3n) is 4.65. The van der Waals surface area contributed by atoms with Crippen molar-refractivity contribution in [1.29, 1.82) is 0 Å². The summed E-state index contributed by atoms with van der Waals surface area (Å²) < 4.78 is 52.8. The molecular formula is C19H30F2N4O2S. The highest BCUT2D eigenvalue weighted by molar-refractivity contribution is 7.89. The zero-order valence-corrected chi connectivity index (χ0v) is 17.4. The molecule has 1 heterocycles. The first-order valence-electron chi connectivity index (χ1n) is 9.82. The molecule has 0 spiro atoms. The van der Waals surface area contributed by atoms with E-state index in [1.165, 1.54) is 6.07 Å². The van der Waals surface area contributed by atoms with Gasteiger partial charge in [-0.05, 0) is 56.4 Å². The normalized spacial score (nSPS) is 16.9. The molecule has 0 atom stereocenters. The molecule has 1 fully saturated rings. The van der Waals surface area contributed by atoms with Crippen LogP contribution in [0.2, 0.25) is 0 Å². The minimum atomic E-state index is -3.15. The summed E-state index contributed by atoms with van der Waals surface area (Å²) in [5.74, 6) is -0.106. The highest BCUT2D eigenvalue weighted by atomic mass is 32.2. The van der Waals surface area contributed by atoms with Gasteiger partial charge in [0.05, 0.1) is 5.75 Å². The first-order chi connectivity index (χ1) is 13.4. The predicted molar refractivity (Wildman–Crippen MR) is 108 cm³/mol.